The molecular formula is C21H31ClN2O2. The normalized spacial score (nSPS) is 26.7. The van der Waals surface area contributed by atoms with E-state index in [9.17, 15) is 4.79 Å². The molecule has 1 aromatic carbocycles. The van der Waals surface area contributed by atoms with Crippen molar-refractivity contribution in [1.29, 1.82) is 0 Å². The predicted octanol–water partition coefficient (Wildman–Crippen LogP) is 2.91. The topological polar surface area (TPSA) is 52.6 Å². The standard InChI is InChI=1S/C21H30N2O2.ClH/c24-14-16-7-5-15(6-8-16)11-21(25)22-20-13-23(18-3-1-2-4-18)12-19(20)17-9-10-17;/h5-8,17-20,24H,1-4,9-14H2,(H,22,25);1H/t19-,20+;/m1./s1. The van der Waals surface area contributed by atoms with Crippen LogP contribution in [-0.2, 0) is 17.8 Å². The summed E-state index contributed by atoms with van der Waals surface area (Å²) >= 11 is 0. The lowest BCUT2D eigenvalue weighted by Gasteiger charge is -2.23. The third-order valence-corrected chi connectivity index (χ3v) is 6.38. The second kappa shape index (κ2) is 8.73. The molecule has 2 N–H and O–H groups in total. The first-order valence-corrected chi connectivity index (χ1v) is 9.95. The van der Waals surface area contributed by atoms with Crippen LogP contribution in [0.2, 0.25) is 0 Å². The highest BCUT2D eigenvalue weighted by molar-refractivity contribution is 5.85. The molecule has 0 unspecified atom stereocenters. The number of hydrogen-bond donors (Lipinski definition) is 2. The summed E-state index contributed by atoms with van der Waals surface area (Å²) in [5, 5.41) is 12.5. The molecule has 26 heavy (non-hydrogen) atoms. The number of aliphatic hydroxyl groups excluding tert-OH is 1. The number of carbonyl (C=O) groups is 1. The number of rotatable bonds is 6. The number of amides is 1. The summed E-state index contributed by atoms with van der Waals surface area (Å²) in [7, 11) is 0. The lowest BCUT2D eigenvalue weighted by atomic mass is 9.97. The van der Waals surface area contributed by atoms with Crippen molar-refractivity contribution < 1.29 is 9.90 Å². The number of benzene rings is 1. The fraction of sp³-hybridized carbons (Fsp3) is 0.667. The van der Waals surface area contributed by atoms with Crippen molar-refractivity contribution in [3.05, 3.63) is 35.4 Å². The first-order valence-electron chi connectivity index (χ1n) is 9.95. The highest BCUT2D eigenvalue weighted by atomic mass is 35.5. The van der Waals surface area contributed by atoms with E-state index in [4.69, 9.17) is 5.11 Å². The van der Waals surface area contributed by atoms with Crippen LogP contribution < -0.4 is 5.32 Å². The maximum atomic E-state index is 12.6. The Kier molecular flexibility index (Phi) is 6.60. The number of nitrogens with zero attached hydrogens (tertiary/aromatic N) is 1. The number of carbonyl (C=O) groups excluding carboxylic acids is 1. The van der Waals surface area contributed by atoms with Gasteiger partial charge in [0.05, 0.1) is 13.0 Å². The van der Waals surface area contributed by atoms with Crippen LogP contribution in [0.4, 0.5) is 0 Å². The average Bonchev–Trinajstić information content (AvgIpc) is 3.15. The first-order chi connectivity index (χ1) is 12.2. The molecule has 144 valence electrons. The van der Waals surface area contributed by atoms with E-state index in [1.165, 1.54) is 45.1 Å². The van der Waals surface area contributed by atoms with Crippen molar-refractivity contribution >= 4 is 18.3 Å². The Labute approximate surface area is 162 Å². The van der Waals surface area contributed by atoms with Crippen LogP contribution in [0.15, 0.2) is 24.3 Å². The summed E-state index contributed by atoms with van der Waals surface area (Å²) in [6.07, 6.45) is 8.55. The Morgan fingerprint density at radius 3 is 2.31 bits per heavy atom. The Bertz CT molecular complexity index is 597. The summed E-state index contributed by atoms with van der Waals surface area (Å²) in [5.41, 5.74) is 1.91. The van der Waals surface area contributed by atoms with Crippen LogP contribution in [0.3, 0.4) is 0 Å². The maximum Gasteiger partial charge on any atom is 0.224 e. The van der Waals surface area contributed by atoms with Gasteiger partial charge < -0.3 is 10.4 Å². The highest BCUT2D eigenvalue weighted by Gasteiger charge is 2.44. The molecule has 4 nitrogen and oxygen atoms in total. The van der Waals surface area contributed by atoms with E-state index in [0.717, 1.165) is 29.6 Å². The van der Waals surface area contributed by atoms with Gasteiger partial charge in [0.1, 0.15) is 0 Å². The molecule has 0 bridgehead atoms. The van der Waals surface area contributed by atoms with E-state index in [1.807, 2.05) is 24.3 Å². The molecule has 5 heteroatoms. The van der Waals surface area contributed by atoms with E-state index in [-0.39, 0.29) is 24.9 Å². The molecule has 0 spiro atoms. The molecule has 1 amide bonds. The second-order valence-corrected chi connectivity index (χ2v) is 8.22. The minimum Gasteiger partial charge on any atom is -0.392 e. The van der Waals surface area contributed by atoms with E-state index in [1.54, 1.807) is 0 Å². The largest absolute Gasteiger partial charge is 0.392 e. The van der Waals surface area contributed by atoms with Crippen molar-refractivity contribution in [2.75, 3.05) is 13.1 Å². The van der Waals surface area contributed by atoms with Crippen molar-refractivity contribution in [3.8, 4) is 0 Å². The number of aliphatic hydroxyl groups is 1. The quantitative estimate of drug-likeness (QED) is 0.800. The van der Waals surface area contributed by atoms with Crippen molar-refractivity contribution in [2.24, 2.45) is 11.8 Å². The summed E-state index contributed by atoms with van der Waals surface area (Å²) in [5.74, 6) is 1.63. The van der Waals surface area contributed by atoms with E-state index < -0.39 is 0 Å². The van der Waals surface area contributed by atoms with Gasteiger partial charge in [0.2, 0.25) is 5.91 Å². The van der Waals surface area contributed by atoms with Crippen LogP contribution in [-0.4, -0.2) is 41.1 Å². The van der Waals surface area contributed by atoms with E-state index in [2.05, 4.69) is 10.2 Å². The van der Waals surface area contributed by atoms with Gasteiger partial charge in [0.25, 0.3) is 0 Å². The molecule has 2 saturated carbocycles. The van der Waals surface area contributed by atoms with Gasteiger partial charge in [0, 0.05) is 25.2 Å². The molecule has 4 rings (SSSR count). The highest BCUT2D eigenvalue weighted by Crippen LogP contribution is 2.42. The van der Waals surface area contributed by atoms with Gasteiger partial charge in [-0.15, -0.1) is 12.4 Å². The molecule has 1 saturated heterocycles. The zero-order valence-corrected chi connectivity index (χ0v) is 16.2. The maximum absolute atomic E-state index is 12.6. The van der Waals surface area contributed by atoms with Crippen LogP contribution in [0.5, 0.6) is 0 Å². The molecule has 2 atom stereocenters. The van der Waals surface area contributed by atoms with Crippen molar-refractivity contribution in [2.45, 2.75) is 63.6 Å². The molecule has 1 aliphatic heterocycles. The summed E-state index contributed by atoms with van der Waals surface area (Å²) < 4.78 is 0. The molecule has 2 aliphatic carbocycles. The fourth-order valence-corrected chi connectivity index (χ4v) is 4.79. The number of hydrogen-bond acceptors (Lipinski definition) is 3. The molecule has 3 aliphatic rings. The summed E-state index contributed by atoms with van der Waals surface area (Å²) in [6, 6.07) is 8.78. The molecule has 0 aromatic heterocycles. The number of halogens is 1. The van der Waals surface area contributed by atoms with Gasteiger partial charge in [0.15, 0.2) is 0 Å². The fourth-order valence-electron chi connectivity index (χ4n) is 4.79. The molecular weight excluding hydrogens is 348 g/mol. The SMILES string of the molecule is Cl.O=C(Cc1ccc(CO)cc1)N[C@H]1CN(C2CCCC2)C[C@@H]1C1CC1. The van der Waals surface area contributed by atoms with Gasteiger partial charge in [-0.25, -0.2) is 0 Å². The molecule has 0 radical (unpaired) electrons. The van der Waals surface area contributed by atoms with Gasteiger partial charge in [-0.05, 0) is 48.6 Å². The predicted molar refractivity (Wildman–Crippen MR) is 105 cm³/mol. The Balaban J connectivity index is 0.00000196. The minimum atomic E-state index is 0. The van der Waals surface area contributed by atoms with Crippen molar-refractivity contribution in [3.63, 3.8) is 0 Å². The zero-order valence-electron chi connectivity index (χ0n) is 15.4. The molecule has 1 aromatic rings. The Morgan fingerprint density at radius 2 is 1.69 bits per heavy atom. The van der Waals surface area contributed by atoms with Crippen LogP contribution in [0.1, 0.15) is 49.7 Å². The number of likely N-dealkylation sites (tertiary alicyclic amines) is 1. The molecule has 3 fully saturated rings. The first kappa shape index (κ1) is 19.7. The summed E-state index contributed by atoms with van der Waals surface area (Å²) in [6.45, 7) is 2.28. The van der Waals surface area contributed by atoms with Gasteiger partial charge in [-0.1, -0.05) is 37.1 Å². The summed E-state index contributed by atoms with van der Waals surface area (Å²) in [4.78, 5) is 15.2. The Morgan fingerprint density at radius 1 is 1.04 bits per heavy atom. The lowest BCUT2D eigenvalue weighted by molar-refractivity contribution is -0.121. The van der Waals surface area contributed by atoms with Gasteiger partial charge >= 0.3 is 0 Å². The monoisotopic (exact) mass is 378 g/mol. The third kappa shape index (κ3) is 4.59. The van der Waals surface area contributed by atoms with Gasteiger partial charge in [-0.3, -0.25) is 9.69 Å². The van der Waals surface area contributed by atoms with Gasteiger partial charge in [-0.2, -0.15) is 0 Å². The smallest absolute Gasteiger partial charge is 0.224 e. The van der Waals surface area contributed by atoms with Crippen molar-refractivity contribution in [1.82, 2.24) is 10.2 Å². The van der Waals surface area contributed by atoms with Crippen LogP contribution in [0.25, 0.3) is 0 Å². The van der Waals surface area contributed by atoms with E-state index >= 15 is 0 Å². The Hall–Kier alpha value is -1.10. The zero-order chi connectivity index (χ0) is 17.2. The van der Waals surface area contributed by atoms with Crippen LogP contribution in [0, 0.1) is 11.8 Å². The second-order valence-electron chi connectivity index (χ2n) is 8.22. The number of nitrogens with one attached hydrogen (secondary N) is 1. The third-order valence-electron chi connectivity index (χ3n) is 6.38. The minimum absolute atomic E-state index is 0. The average molecular weight is 379 g/mol. The lowest BCUT2D eigenvalue weighted by Crippen LogP contribution is -2.42. The van der Waals surface area contributed by atoms with Crippen LogP contribution >= 0.6 is 12.4 Å². The van der Waals surface area contributed by atoms with E-state index in [0.29, 0.717) is 18.4 Å². The molecule has 1 heterocycles.